The Morgan fingerprint density at radius 2 is 1.89 bits per heavy atom. The van der Waals surface area contributed by atoms with Crippen molar-refractivity contribution in [3.63, 3.8) is 0 Å². The summed E-state index contributed by atoms with van der Waals surface area (Å²) in [5.41, 5.74) is 1.53. The number of fused-ring (bicyclic) bond motifs is 1. The maximum absolute atomic E-state index is 15.0. The first kappa shape index (κ1) is 30.1. The van der Waals surface area contributed by atoms with Crippen LogP contribution >= 0.6 is 0 Å². The lowest BCUT2D eigenvalue weighted by Gasteiger charge is -2.32. The molecule has 0 radical (unpaired) electrons. The van der Waals surface area contributed by atoms with Crippen molar-refractivity contribution in [1.29, 1.82) is 0 Å². The maximum atomic E-state index is 15.0. The van der Waals surface area contributed by atoms with Gasteiger partial charge in [-0.25, -0.2) is 18.3 Å². The van der Waals surface area contributed by atoms with E-state index in [2.05, 4.69) is 20.5 Å². The van der Waals surface area contributed by atoms with E-state index in [1.165, 1.54) is 46.5 Å². The standard InChI is InChI=1S/C28H32F2N8O5S/c1-31-27(39)17-10-22(26(30)23(29)11-17)24-14-32-25-12-21(28(34-38(24)25)43-20-6-9-42-16-20)18-13-33-37(15-18)19-4-7-36(8-5-19)44(40,41)35(2)3/h10-15,19-20H,4-9,16H2,1-3H3,(H,31,39)/t20-/m0/s1. The smallest absolute Gasteiger partial charge is 0.281 e. The molecule has 4 aromatic rings. The highest BCUT2D eigenvalue weighted by Gasteiger charge is 2.31. The summed E-state index contributed by atoms with van der Waals surface area (Å²) >= 11 is 0. The van der Waals surface area contributed by atoms with Crippen LogP contribution in [0.3, 0.4) is 0 Å². The zero-order valence-corrected chi connectivity index (χ0v) is 25.2. The highest BCUT2D eigenvalue weighted by Crippen LogP contribution is 2.35. The minimum Gasteiger partial charge on any atom is -0.470 e. The fourth-order valence-electron chi connectivity index (χ4n) is 5.44. The molecule has 2 aliphatic heterocycles. The van der Waals surface area contributed by atoms with E-state index in [0.717, 1.165) is 6.07 Å². The molecule has 0 bridgehead atoms. The Balaban J connectivity index is 1.36. The van der Waals surface area contributed by atoms with Crippen LogP contribution in [0.5, 0.6) is 5.88 Å². The molecule has 3 aromatic heterocycles. The molecule has 234 valence electrons. The lowest BCUT2D eigenvalue weighted by Crippen LogP contribution is -2.44. The van der Waals surface area contributed by atoms with Gasteiger partial charge in [0, 0.05) is 63.5 Å². The first-order chi connectivity index (χ1) is 21.1. The van der Waals surface area contributed by atoms with Gasteiger partial charge in [-0.05, 0) is 31.0 Å². The van der Waals surface area contributed by atoms with E-state index >= 15 is 4.39 Å². The highest BCUT2D eigenvalue weighted by atomic mass is 32.2. The zero-order chi connectivity index (χ0) is 31.2. The molecule has 2 fully saturated rings. The number of hydrogen-bond acceptors (Lipinski definition) is 8. The summed E-state index contributed by atoms with van der Waals surface area (Å²) in [6, 6.07) is 3.81. The number of hydrogen-bond donors (Lipinski definition) is 1. The molecule has 5 heterocycles. The summed E-state index contributed by atoms with van der Waals surface area (Å²) in [6.07, 6.45) is 6.47. The van der Waals surface area contributed by atoms with Gasteiger partial charge in [-0.15, -0.1) is 5.10 Å². The van der Waals surface area contributed by atoms with E-state index in [0.29, 0.717) is 62.3 Å². The van der Waals surface area contributed by atoms with Crippen LogP contribution in [0.15, 0.2) is 36.8 Å². The van der Waals surface area contributed by atoms with Gasteiger partial charge in [-0.1, -0.05) is 0 Å². The van der Waals surface area contributed by atoms with Crippen molar-refractivity contribution in [1.82, 2.24) is 38.3 Å². The van der Waals surface area contributed by atoms with Gasteiger partial charge in [0.05, 0.1) is 42.9 Å². The lowest BCUT2D eigenvalue weighted by molar-refractivity contribution is 0.0962. The Labute approximate surface area is 252 Å². The van der Waals surface area contributed by atoms with E-state index in [9.17, 15) is 17.6 Å². The molecule has 44 heavy (non-hydrogen) atoms. The first-order valence-electron chi connectivity index (χ1n) is 14.1. The predicted molar refractivity (Wildman–Crippen MR) is 155 cm³/mol. The molecule has 0 spiro atoms. The third kappa shape index (κ3) is 5.53. The minimum atomic E-state index is -3.48. The summed E-state index contributed by atoms with van der Waals surface area (Å²) in [6.45, 7) is 1.66. The van der Waals surface area contributed by atoms with E-state index in [1.54, 1.807) is 12.3 Å². The van der Waals surface area contributed by atoms with Crippen LogP contribution in [0.25, 0.3) is 28.0 Å². The highest BCUT2D eigenvalue weighted by molar-refractivity contribution is 7.86. The monoisotopic (exact) mass is 630 g/mol. The Bertz CT molecular complexity index is 1810. The molecule has 16 heteroatoms. The predicted octanol–water partition coefficient (Wildman–Crippen LogP) is 2.51. The first-order valence-corrected chi connectivity index (χ1v) is 15.5. The number of nitrogens with zero attached hydrogens (tertiary/aromatic N) is 7. The quantitative estimate of drug-likeness (QED) is 0.314. The number of aromatic nitrogens is 5. The van der Waals surface area contributed by atoms with E-state index < -0.39 is 27.8 Å². The molecule has 1 amide bonds. The molecule has 1 atom stereocenters. The van der Waals surface area contributed by atoms with Crippen molar-refractivity contribution >= 4 is 21.8 Å². The van der Waals surface area contributed by atoms with Gasteiger partial charge >= 0.3 is 0 Å². The summed E-state index contributed by atoms with van der Waals surface area (Å²) in [5, 5.41) is 11.7. The number of amides is 1. The average Bonchev–Trinajstić information content (AvgIpc) is 3.79. The van der Waals surface area contributed by atoms with Crippen molar-refractivity contribution in [3.05, 3.63) is 54.0 Å². The summed E-state index contributed by atoms with van der Waals surface area (Å²) in [7, 11) is 0.950. The minimum absolute atomic E-state index is 0.00912. The zero-order valence-electron chi connectivity index (χ0n) is 24.4. The summed E-state index contributed by atoms with van der Waals surface area (Å²) in [5.74, 6) is -2.66. The molecule has 6 rings (SSSR count). The van der Waals surface area contributed by atoms with Crippen LogP contribution in [0, 0.1) is 11.6 Å². The van der Waals surface area contributed by atoms with Crippen molar-refractivity contribution < 1.29 is 31.5 Å². The van der Waals surface area contributed by atoms with Crippen LogP contribution in [0.1, 0.15) is 35.7 Å². The van der Waals surface area contributed by atoms with Crippen molar-refractivity contribution in [3.8, 4) is 28.3 Å². The van der Waals surface area contributed by atoms with Crippen LogP contribution in [0.4, 0.5) is 8.78 Å². The van der Waals surface area contributed by atoms with Crippen molar-refractivity contribution in [2.24, 2.45) is 0 Å². The van der Waals surface area contributed by atoms with Gasteiger partial charge in [0.1, 0.15) is 6.10 Å². The second-order valence-corrected chi connectivity index (χ2v) is 13.1. The van der Waals surface area contributed by atoms with Crippen LogP contribution in [-0.2, 0) is 14.9 Å². The number of ether oxygens (including phenoxy) is 2. The molecule has 0 unspecified atom stereocenters. The van der Waals surface area contributed by atoms with Gasteiger partial charge in [0.2, 0.25) is 5.88 Å². The van der Waals surface area contributed by atoms with Crippen LogP contribution in [-0.4, -0.2) is 101 Å². The number of nitrogens with one attached hydrogen (secondary N) is 1. The fourth-order valence-corrected chi connectivity index (χ4v) is 6.57. The van der Waals surface area contributed by atoms with E-state index in [-0.39, 0.29) is 34.8 Å². The lowest BCUT2D eigenvalue weighted by atomic mass is 10.1. The Kier molecular flexibility index (Phi) is 8.08. The molecule has 1 aromatic carbocycles. The largest absolute Gasteiger partial charge is 0.470 e. The maximum Gasteiger partial charge on any atom is 0.281 e. The molecule has 2 saturated heterocycles. The third-order valence-electron chi connectivity index (χ3n) is 7.92. The SMILES string of the molecule is CNC(=O)c1cc(F)c(F)c(-c2cnc3cc(-c4cnn(C5CCN(S(=O)(=O)N(C)C)CC5)c4)c(O[C@H]4CCOC4)nn23)c1. The van der Waals surface area contributed by atoms with Crippen molar-refractivity contribution in [2.45, 2.75) is 31.4 Å². The van der Waals surface area contributed by atoms with Crippen LogP contribution < -0.4 is 10.1 Å². The van der Waals surface area contributed by atoms with Crippen LogP contribution in [0.2, 0.25) is 0 Å². The Hall–Kier alpha value is -3.99. The summed E-state index contributed by atoms with van der Waals surface area (Å²) in [4.78, 5) is 16.6. The third-order valence-corrected chi connectivity index (χ3v) is 9.86. The number of halogens is 2. The molecule has 2 aliphatic rings. The number of rotatable bonds is 8. The normalized spacial score (nSPS) is 18.4. The van der Waals surface area contributed by atoms with Crippen molar-refractivity contribution in [2.75, 3.05) is 47.4 Å². The van der Waals surface area contributed by atoms with Gasteiger partial charge in [-0.3, -0.25) is 9.48 Å². The number of imidazole rings is 1. The average molecular weight is 631 g/mol. The van der Waals surface area contributed by atoms with E-state index in [1.807, 2.05) is 10.9 Å². The number of benzene rings is 1. The summed E-state index contributed by atoms with van der Waals surface area (Å²) < 4.78 is 72.2. The molecule has 13 nitrogen and oxygen atoms in total. The van der Waals surface area contributed by atoms with Gasteiger partial charge in [0.15, 0.2) is 17.3 Å². The molecule has 0 aliphatic carbocycles. The fraction of sp³-hybridized carbons (Fsp3) is 0.429. The van der Waals surface area contributed by atoms with Gasteiger partial charge < -0.3 is 14.8 Å². The molecular formula is C28H32F2N8O5S. The second-order valence-electron chi connectivity index (χ2n) is 10.9. The van der Waals surface area contributed by atoms with E-state index in [4.69, 9.17) is 9.47 Å². The Morgan fingerprint density at radius 3 is 2.57 bits per heavy atom. The number of carbonyl (C=O) groups excluding carboxylic acids is 1. The topological polar surface area (TPSA) is 136 Å². The number of carbonyl (C=O) groups is 1. The van der Waals surface area contributed by atoms with Gasteiger partial charge in [0.25, 0.3) is 16.1 Å². The molecule has 0 saturated carbocycles. The number of piperidine rings is 1. The second kappa shape index (κ2) is 11.8. The Morgan fingerprint density at radius 1 is 1.11 bits per heavy atom. The van der Waals surface area contributed by atoms with Gasteiger partial charge in [-0.2, -0.15) is 22.1 Å². The molecule has 1 N–H and O–H groups in total. The molecular weight excluding hydrogens is 598 g/mol.